The van der Waals surface area contributed by atoms with Crippen molar-refractivity contribution in [2.24, 2.45) is 46.3 Å². The molecule has 4 aliphatic rings. The molecule has 0 spiro atoms. The Balaban J connectivity index is 1.62. The van der Waals surface area contributed by atoms with Crippen LogP contribution in [0.2, 0.25) is 0 Å². The van der Waals surface area contributed by atoms with Crippen LogP contribution in [0, 0.1) is 46.3 Å². The van der Waals surface area contributed by atoms with Crippen molar-refractivity contribution in [1.82, 2.24) is 5.32 Å². The molecule has 0 saturated heterocycles. The molecule has 4 rings (SSSR count). The van der Waals surface area contributed by atoms with E-state index in [4.69, 9.17) is 0 Å². The zero-order valence-electron chi connectivity index (χ0n) is 18.3. The Bertz CT molecular complexity index is 500. The van der Waals surface area contributed by atoms with E-state index in [2.05, 4.69) is 40.1 Å². The SMILES string of the molecule is CCC12CCC3C(CCC4(C)CC(C)CCC34)C1CCCC2C(C)NC. The summed E-state index contributed by atoms with van der Waals surface area (Å²) >= 11 is 0. The van der Waals surface area contributed by atoms with Crippen molar-refractivity contribution in [3.05, 3.63) is 0 Å². The Morgan fingerprint density at radius 1 is 0.962 bits per heavy atom. The highest BCUT2D eigenvalue weighted by molar-refractivity contribution is 5.08. The van der Waals surface area contributed by atoms with Gasteiger partial charge in [-0.1, -0.05) is 33.6 Å². The molecule has 4 aliphatic carbocycles. The second-order valence-electron chi connectivity index (χ2n) is 11.4. The van der Waals surface area contributed by atoms with Gasteiger partial charge >= 0.3 is 0 Å². The van der Waals surface area contributed by atoms with E-state index in [1.165, 1.54) is 44.9 Å². The highest BCUT2D eigenvalue weighted by Gasteiger charge is 2.59. The van der Waals surface area contributed by atoms with Gasteiger partial charge in [-0.25, -0.2) is 0 Å². The predicted octanol–water partition coefficient (Wildman–Crippen LogP) is 6.67. The molecule has 1 heteroatoms. The molecule has 0 aromatic rings. The van der Waals surface area contributed by atoms with Gasteiger partial charge in [0.25, 0.3) is 0 Å². The minimum Gasteiger partial charge on any atom is -0.317 e. The minimum atomic E-state index is 0.650. The molecule has 9 atom stereocenters. The van der Waals surface area contributed by atoms with E-state index in [-0.39, 0.29) is 0 Å². The highest BCUT2D eigenvalue weighted by Crippen LogP contribution is 2.67. The first kappa shape index (κ1) is 19.3. The van der Waals surface area contributed by atoms with Crippen LogP contribution in [0.25, 0.3) is 0 Å². The fraction of sp³-hybridized carbons (Fsp3) is 1.00. The maximum absolute atomic E-state index is 3.65. The van der Waals surface area contributed by atoms with E-state index in [0.29, 0.717) is 16.9 Å². The Hall–Kier alpha value is -0.0400. The lowest BCUT2D eigenvalue weighted by molar-refractivity contribution is -0.145. The van der Waals surface area contributed by atoms with Gasteiger partial charge in [-0.05, 0) is 118 Å². The van der Waals surface area contributed by atoms with Crippen LogP contribution in [-0.2, 0) is 0 Å². The number of hydrogen-bond acceptors (Lipinski definition) is 1. The Kier molecular flexibility index (Phi) is 5.26. The minimum absolute atomic E-state index is 0.650. The summed E-state index contributed by atoms with van der Waals surface area (Å²) in [6, 6.07) is 0.693. The first-order valence-corrected chi connectivity index (χ1v) is 12.1. The van der Waals surface area contributed by atoms with Gasteiger partial charge < -0.3 is 5.32 Å². The molecule has 4 saturated carbocycles. The van der Waals surface area contributed by atoms with E-state index < -0.39 is 0 Å². The van der Waals surface area contributed by atoms with Crippen molar-refractivity contribution < 1.29 is 0 Å². The molecule has 0 aromatic carbocycles. The topological polar surface area (TPSA) is 12.0 Å². The molecule has 26 heavy (non-hydrogen) atoms. The van der Waals surface area contributed by atoms with E-state index in [1.807, 2.05) is 0 Å². The number of nitrogens with one attached hydrogen (secondary N) is 1. The Morgan fingerprint density at radius 2 is 1.69 bits per heavy atom. The first-order chi connectivity index (χ1) is 12.4. The van der Waals surface area contributed by atoms with Crippen LogP contribution < -0.4 is 5.32 Å². The molecule has 0 aromatic heterocycles. The summed E-state index contributed by atoms with van der Waals surface area (Å²) in [7, 11) is 2.19. The van der Waals surface area contributed by atoms with Gasteiger partial charge in [0.05, 0.1) is 0 Å². The van der Waals surface area contributed by atoms with E-state index in [9.17, 15) is 0 Å². The summed E-state index contributed by atoms with van der Waals surface area (Å²) in [5.74, 6) is 6.09. The van der Waals surface area contributed by atoms with Gasteiger partial charge in [-0.15, -0.1) is 0 Å². The van der Waals surface area contributed by atoms with Crippen LogP contribution in [0.5, 0.6) is 0 Å². The van der Waals surface area contributed by atoms with Gasteiger partial charge in [0.2, 0.25) is 0 Å². The van der Waals surface area contributed by atoms with E-state index >= 15 is 0 Å². The third kappa shape index (κ3) is 2.82. The molecule has 4 fully saturated rings. The monoisotopic (exact) mass is 359 g/mol. The van der Waals surface area contributed by atoms with Crippen molar-refractivity contribution in [2.45, 2.75) is 104 Å². The van der Waals surface area contributed by atoms with Gasteiger partial charge in [0, 0.05) is 6.04 Å². The summed E-state index contributed by atoms with van der Waals surface area (Å²) in [6.45, 7) is 10.2. The highest BCUT2D eigenvalue weighted by atomic mass is 14.9. The van der Waals surface area contributed by atoms with Crippen LogP contribution in [0.3, 0.4) is 0 Å². The van der Waals surface area contributed by atoms with Crippen LogP contribution in [0.4, 0.5) is 0 Å². The standard InChI is InChI=1S/C25H45N/c1-6-25-15-13-19-20(23(25)9-7-8-21(25)18(3)26-5)12-14-24(4)16-17(2)10-11-22(19)24/h17-23,26H,6-16H2,1-5H3. The summed E-state index contributed by atoms with van der Waals surface area (Å²) in [4.78, 5) is 0. The van der Waals surface area contributed by atoms with Gasteiger partial charge in [-0.3, -0.25) is 0 Å². The zero-order valence-corrected chi connectivity index (χ0v) is 18.3. The van der Waals surface area contributed by atoms with Gasteiger partial charge in [0.15, 0.2) is 0 Å². The van der Waals surface area contributed by atoms with Crippen molar-refractivity contribution in [3.63, 3.8) is 0 Å². The average molecular weight is 360 g/mol. The second-order valence-corrected chi connectivity index (χ2v) is 11.4. The van der Waals surface area contributed by atoms with E-state index in [0.717, 1.165) is 35.5 Å². The molecule has 1 nitrogen and oxygen atoms in total. The largest absolute Gasteiger partial charge is 0.317 e. The maximum atomic E-state index is 3.65. The van der Waals surface area contributed by atoms with Gasteiger partial charge in [-0.2, -0.15) is 0 Å². The molecule has 0 heterocycles. The lowest BCUT2D eigenvalue weighted by Gasteiger charge is -2.64. The van der Waals surface area contributed by atoms with Crippen LogP contribution in [0.1, 0.15) is 98.3 Å². The van der Waals surface area contributed by atoms with Crippen molar-refractivity contribution in [1.29, 1.82) is 0 Å². The van der Waals surface area contributed by atoms with Crippen LogP contribution >= 0.6 is 0 Å². The number of rotatable bonds is 3. The van der Waals surface area contributed by atoms with Crippen molar-refractivity contribution in [3.8, 4) is 0 Å². The molecule has 0 amide bonds. The summed E-state index contributed by atoms with van der Waals surface area (Å²) in [6.07, 6.45) is 16.7. The molecule has 0 aliphatic heterocycles. The van der Waals surface area contributed by atoms with Gasteiger partial charge in [0.1, 0.15) is 0 Å². The number of hydrogen-bond donors (Lipinski definition) is 1. The third-order valence-corrected chi connectivity index (χ3v) is 10.5. The van der Waals surface area contributed by atoms with Crippen LogP contribution in [0.15, 0.2) is 0 Å². The van der Waals surface area contributed by atoms with E-state index in [1.54, 1.807) is 25.7 Å². The molecule has 1 N–H and O–H groups in total. The summed E-state index contributed by atoms with van der Waals surface area (Å²) in [5, 5.41) is 3.65. The normalized spacial score (nSPS) is 52.5. The fourth-order valence-corrected chi connectivity index (χ4v) is 9.31. The quantitative estimate of drug-likeness (QED) is 0.593. The first-order valence-electron chi connectivity index (χ1n) is 12.1. The van der Waals surface area contributed by atoms with Crippen molar-refractivity contribution in [2.75, 3.05) is 7.05 Å². The zero-order chi connectivity index (χ0) is 18.5. The maximum Gasteiger partial charge on any atom is 0.00694 e. The smallest absolute Gasteiger partial charge is 0.00694 e. The summed E-state index contributed by atoms with van der Waals surface area (Å²) < 4.78 is 0. The predicted molar refractivity (Wildman–Crippen MR) is 112 cm³/mol. The van der Waals surface area contributed by atoms with Crippen LogP contribution in [-0.4, -0.2) is 13.1 Å². The Morgan fingerprint density at radius 3 is 2.42 bits per heavy atom. The summed E-state index contributed by atoms with van der Waals surface area (Å²) in [5.41, 5.74) is 1.33. The third-order valence-electron chi connectivity index (χ3n) is 10.5. The lowest BCUT2D eigenvalue weighted by atomic mass is 9.41. The Labute approximate surface area is 163 Å². The molecule has 9 unspecified atom stereocenters. The molecule has 0 bridgehead atoms. The van der Waals surface area contributed by atoms with Crippen molar-refractivity contribution >= 4 is 0 Å². The molecule has 150 valence electrons. The fourth-order valence-electron chi connectivity index (χ4n) is 9.31. The lowest BCUT2D eigenvalue weighted by Crippen LogP contribution is -2.58. The molecular formula is C25H45N. The molecular weight excluding hydrogens is 314 g/mol. The average Bonchev–Trinajstić information content (AvgIpc) is 2.65. The molecule has 0 radical (unpaired) electrons. The second kappa shape index (κ2) is 7.09. The number of fused-ring (bicyclic) bond motifs is 5.